The highest BCUT2D eigenvalue weighted by atomic mass is 32.2. The van der Waals surface area contributed by atoms with Gasteiger partial charge >= 0.3 is 0 Å². The lowest BCUT2D eigenvalue weighted by Crippen LogP contribution is -2.60. The lowest BCUT2D eigenvalue weighted by atomic mass is 9.98. The SMILES string of the molecule is CO[C@@H]1[C@H](OCc2ccccc2)[C@H](O[C@H]2C[C@H](OCc3ccccc3)[C@H](O[C@H]3C[C@H](OCc4ccccc4)[C@H](O)[C@@H](C)O3)[C@@H](C)O2)[C@@H](C)O[C@@H]1Sc1ccccc1. The molecule has 0 radical (unpaired) electrons. The minimum Gasteiger partial charge on any atom is -0.388 e. The summed E-state index contributed by atoms with van der Waals surface area (Å²) >= 11 is 1.61. The standard InChI is InChI=1S/C46H56O10S/c1-30-41(47)37(49-27-33-17-9-5-10-18-33)25-39(52-30)55-42-31(2)53-40(26-38(42)50-28-34-19-11-6-12-20-34)56-43-32(3)54-46(57-36-23-15-8-16-24-36)45(48-4)44(43)51-29-35-21-13-7-14-22-35/h5-24,30-32,37-47H,25-29H2,1-4H3/t30-,31-,32-,37+,38+,39+,40+,41-,42-,43-,44-,45-,46-/m1/s1. The fourth-order valence-electron chi connectivity index (χ4n) is 7.71. The monoisotopic (exact) mass is 800 g/mol. The maximum absolute atomic E-state index is 11.0. The molecule has 0 amide bonds. The van der Waals surface area contributed by atoms with Gasteiger partial charge in [0.05, 0.1) is 50.3 Å². The first-order chi connectivity index (χ1) is 27.8. The van der Waals surface area contributed by atoms with Crippen LogP contribution < -0.4 is 0 Å². The maximum atomic E-state index is 11.0. The molecule has 306 valence electrons. The van der Waals surface area contributed by atoms with E-state index in [2.05, 4.69) is 12.1 Å². The lowest BCUT2D eigenvalue weighted by molar-refractivity contribution is -0.337. The van der Waals surface area contributed by atoms with Crippen LogP contribution in [0.4, 0.5) is 0 Å². The summed E-state index contributed by atoms with van der Waals surface area (Å²) in [7, 11) is 1.69. The summed E-state index contributed by atoms with van der Waals surface area (Å²) in [5.74, 6) is 0. The van der Waals surface area contributed by atoms with Crippen LogP contribution in [-0.2, 0) is 62.5 Å². The molecule has 3 fully saturated rings. The van der Waals surface area contributed by atoms with Gasteiger partial charge in [-0.15, -0.1) is 0 Å². The van der Waals surface area contributed by atoms with Crippen molar-refractivity contribution < 1.29 is 47.7 Å². The number of thioether (sulfide) groups is 1. The molecule has 13 atom stereocenters. The Balaban J connectivity index is 1.07. The van der Waals surface area contributed by atoms with Crippen LogP contribution in [0.25, 0.3) is 0 Å². The molecule has 4 aromatic rings. The Morgan fingerprint density at radius 1 is 0.526 bits per heavy atom. The molecule has 0 spiro atoms. The molecule has 3 aliphatic rings. The molecule has 3 saturated heterocycles. The number of rotatable bonds is 16. The van der Waals surface area contributed by atoms with E-state index in [0.717, 1.165) is 21.6 Å². The Bertz CT molecular complexity index is 1740. The molecule has 0 aromatic heterocycles. The van der Waals surface area contributed by atoms with Gasteiger partial charge < -0.3 is 47.7 Å². The van der Waals surface area contributed by atoms with Crippen molar-refractivity contribution in [3.63, 3.8) is 0 Å². The molecule has 0 unspecified atom stereocenters. The van der Waals surface area contributed by atoms with Crippen molar-refractivity contribution in [2.24, 2.45) is 0 Å². The summed E-state index contributed by atoms with van der Waals surface area (Å²) in [6.07, 6.45) is -5.51. The van der Waals surface area contributed by atoms with E-state index >= 15 is 0 Å². The first-order valence-corrected chi connectivity index (χ1v) is 20.9. The Labute approximate surface area is 341 Å². The van der Waals surface area contributed by atoms with Crippen molar-refractivity contribution in [2.75, 3.05) is 7.11 Å². The largest absolute Gasteiger partial charge is 0.388 e. The topological polar surface area (TPSA) is 103 Å². The Kier molecular flexibility index (Phi) is 15.2. The second-order valence-corrected chi connectivity index (χ2v) is 16.1. The van der Waals surface area contributed by atoms with E-state index in [9.17, 15) is 5.11 Å². The van der Waals surface area contributed by atoms with Crippen LogP contribution in [0.3, 0.4) is 0 Å². The number of aliphatic hydroxyl groups is 1. The average Bonchev–Trinajstić information content (AvgIpc) is 3.23. The molecule has 10 nitrogen and oxygen atoms in total. The molecule has 7 rings (SSSR count). The summed E-state index contributed by atoms with van der Waals surface area (Å²) in [6, 6.07) is 40.3. The maximum Gasteiger partial charge on any atom is 0.161 e. The smallest absolute Gasteiger partial charge is 0.161 e. The molecule has 3 heterocycles. The van der Waals surface area contributed by atoms with Crippen LogP contribution in [0.15, 0.2) is 126 Å². The Hall–Kier alpha value is -3.17. The van der Waals surface area contributed by atoms with Crippen LogP contribution in [0.5, 0.6) is 0 Å². The lowest BCUT2D eigenvalue weighted by Gasteiger charge is -2.48. The van der Waals surface area contributed by atoms with Gasteiger partial charge in [0.2, 0.25) is 0 Å². The summed E-state index contributed by atoms with van der Waals surface area (Å²) < 4.78 is 58.9. The summed E-state index contributed by atoms with van der Waals surface area (Å²) in [5, 5.41) is 11.0. The first kappa shape index (κ1) is 42.0. The summed E-state index contributed by atoms with van der Waals surface area (Å²) in [6.45, 7) is 6.96. The van der Waals surface area contributed by atoms with Gasteiger partial charge in [-0.05, 0) is 49.6 Å². The summed E-state index contributed by atoms with van der Waals surface area (Å²) in [4.78, 5) is 1.08. The van der Waals surface area contributed by atoms with E-state index in [0.29, 0.717) is 32.7 Å². The van der Waals surface area contributed by atoms with Crippen molar-refractivity contribution in [3.05, 3.63) is 138 Å². The number of methoxy groups -OCH3 is 1. The van der Waals surface area contributed by atoms with Gasteiger partial charge in [0.25, 0.3) is 0 Å². The zero-order chi connectivity index (χ0) is 39.6. The van der Waals surface area contributed by atoms with Crippen LogP contribution in [0.2, 0.25) is 0 Å². The zero-order valence-electron chi connectivity index (χ0n) is 33.1. The van der Waals surface area contributed by atoms with E-state index in [4.69, 9.17) is 42.6 Å². The van der Waals surface area contributed by atoms with Gasteiger partial charge in [0.15, 0.2) is 12.6 Å². The molecule has 1 N–H and O–H groups in total. The van der Waals surface area contributed by atoms with E-state index < -0.39 is 67.5 Å². The number of aliphatic hydroxyl groups excluding tert-OH is 1. The van der Waals surface area contributed by atoms with Crippen LogP contribution in [0, 0.1) is 0 Å². The highest BCUT2D eigenvalue weighted by Crippen LogP contribution is 2.39. The number of hydrogen-bond donors (Lipinski definition) is 1. The van der Waals surface area contributed by atoms with Crippen molar-refractivity contribution >= 4 is 11.8 Å². The van der Waals surface area contributed by atoms with Crippen LogP contribution >= 0.6 is 11.8 Å². The van der Waals surface area contributed by atoms with E-state index in [1.807, 2.05) is 130 Å². The van der Waals surface area contributed by atoms with Gasteiger partial charge in [0.1, 0.15) is 36.0 Å². The van der Waals surface area contributed by atoms with Crippen molar-refractivity contribution in [3.8, 4) is 0 Å². The molecule has 0 saturated carbocycles. The van der Waals surface area contributed by atoms with Crippen molar-refractivity contribution in [2.45, 2.75) is 137 Å². The highest BCUT2D eigenvalue weighted by Gasteiger charge is 2.50. The van der Waals surface area contributed by atoms with Crippen molar-refractivity contribution in [1.82, 2.24) is 0 Å². The summed E-state index contributed by atoms with van der Waals surface area (Å²) in [5.41, 5.74) is 2.79. The van der Waals surface area contributed by atoms with E-state index in [1.54, 1.807) is 18.9 Å². The third-order valence-corrected chi connectivity index (χ3v) is 11.9. The number of benzene rings is 4. The van der Waals surface area contributed by atoms with Gasteiger partial charge in [-0.3, -0.25) is 0 Å². The fourth-order valence-corrected chi connectivity index (χ4v) is 8.92. The molecule has 0 bridgehead atoms. The number of hydrogen-bond acceptors (Lipinski definition) is 11. The Morgan fingerprint density at radius 2 is 0.982 bits per heavy atom. The third kappa shape index (κ3) is 11.3. The van der Waals surface area contributed by atoms with E-state index in [1.165, 1.54) is 0 Å². The quantitative estimate of drug-likeness (QED) is 0.121. The molecular weight excluding hydrogens is 745 g/mol. The molecule has 11 heteroatoms. The van der Waals surface area contributed by atoms with Crippen LogP contribution in [0.1, 0.15) is 50.3 Å². The Morgan fingerprint density at radius 3 is 1.54 bits per heavy atom. The first-order valence-electron chi connectivity index (χ1n) is 20.0. The predicted molar refractivity (Wildman–Crippen MR) is 216 cm³/mol. The molecular formula is C46H56O10S. The minimum absolute atomic E-state index is 0.337. The number of ether oxygens (including phenoxy) is 9. The van der Waals surface area contributed by atoms with Gasteiger partial charge in [-0.2, -0.15) is 0 Å². The average molecular weight is 801 g/mol. The fraction of sp³-hybridized carbons (Fsp3) is 0.478. The van der Waals surface area contributed by atoms with Gasteiger partial charge in [0, 0.05) is 24.8 Å². The van der Waals surface area contributed by atoms with Gasteiger partial charge in [-0.25, -0.2) is 0 Å². The molecule has 4 aromatic carbocycles. The van der Waals surface area contributed by atoms with Crippen molar-refractivity contribution in [1.29, 1.82) is 0 Å². The normalized spacial score (nSPS) is 33.2. The molecule has 3 aliphatic heterocycles. The second-order valence-electron chi connectivity index (χ2n) is 15.0. The highest BCUT2D eigenvalue weighted by molar-refractivity contribution is 7.99. The minimum atomic E-state index is -0.796. The molecule has 57 heavy (non-hydrogen) atoms. The van der Waals surface area contributed by atoms with Gasteiger partial charge in [-0.1, -0.05) is 121 Å². The third-order valence-electron chi connectivity index (χ3n) is 10.8. The second kappa shape index (κ2) is 20.7. The zero-order valence-corrected chi connectivity index (χ0v) is 33.9. The van der Waals surface area contributed by atoms with Crippen LogP contribution in [-0.4, -0.2) is 91.3 Å². The van der Waals surface area contributed by atoms with E-state index in [-0.39, 0.29) is 11.5 Å². The molecule has 0 aliphatic carbocycles. The predicted octanol–water partition coefficient (Wildman–Crippen LogP) is 7.70.